The van der Waals surface area contributed by atoms with E-state index in [9.17, 15) is 5.11 Å². The molecule has 0 unspecified atom stereocenters. The molecule has 0 spiro atoms. The van der Waals surface area contributed by atoms with Crippen LogP contribution in [0, 0.1) is 0 Å². The zero-order valence-corrected chi connectivity index (χ0v) is 10.3. The van der Waals surface area contributed by atoms with Crippen molar-refractivity contribution in [3.05, 3.63) is 34.9 Å². The number of halogens is 1. The Labute approximate surface area is 102 Å². The molecule has 2 atom stereocenters. The predicted molar refractivity (Wildman–Crippen MR) is 66.7 cm³/mol. The Morgan fingerprint density at radius 1 is 1.38 bits per heavy atom. The molecule has 1 fully saturated rings. The highest BCUT2D eigenvalue weighted by Crippen LogP contribution is 2.39. The molecule has 1 aromatic carbocycles. The van der Waals surface area contributed by atoms with Gasteiger partial charge < -0.3 is 10.4 Å². The lowest BCUT2D eigenvalue weighted by molar-refractivity contribution is 0.0253. The quantitative estimate of drug-likeness (QED) is 0.832. The second-order valence-electron chi connectivity index (χ2n) is 4.46. The van der Waals surface area contributed by atoms with E-state index in [1.807, 2.05) is 31.3 Å². The molecule has 0 saturated heterocycles. The van der Waals surface area contributed by atoms with Gasteiger partial charge in [0.25, 0.3) is 0 Å². The highest BCUT2D eigenvalue weighted by molar-refractivity contribution is 6.31. The van der Waals surface area contributed by atoms with Crippen molar-refractivity contribution in [2.45, 2.75) is 37.3 Å². The number of hydrogen-bond acceptors (Lipinski definition) is 2. The lowest BCUT2D eigenvalue weighted by Crippen LogP contribution is -2.52. The SMILES string of the molecule is CN[C@]1(c2ccccc2Cl)CCCC[C@H]1O. The molecule has 0 aromatic heterocycles. The number of aliphatic hydroxyl groups is 1. The van der Waals surface area contributed by atoms with Crippen molar-refractivity contribution in [3.63, 3.8) is 0 Å². The third-order valence-electron chi connectivity index (χ3n) is 3.67. The van der Waals surface area contributed by atoms with E-state index in [2.05, 4.69) is 5.32 Å². The molecule has 1 saturated carbocycles. The van der Waals surface area contributed by atoms with Gasteiger partial charge >= 0.3 is 0 Å². The highest BCUT2D eigenvalue weighted by atomic mass is 35.5. The molecule has 0 bridgehead atoms. The fourth-order valence-corrected chi connectivity index (χ4v) is 3.02. The van der Waals surface area contributed by atoms with Crippen LogP contribution >= 0.6 is 11.6 Å². The zero-order chi connectivity index (χ0) is 11.6. The number of rotatable bonds is 2. The van der Waals surface area contributed by atoms with Crippen LogP contribution in [0.1, 0.15) is 31.2 Å². The Morgan fingerprint density at radius 2 is 2.12 bits per heavy atom. The van der Waals surface area contributed by atoms with E-state index in [-0.39, 0.29) is 11.6 Å². The van der Waals surface area contributed by atoms with E-state index in [0.29, 0.717) is 0 Å². The van der Waals surface area contributed by atoms with Gasteiger partial charge in [0.1, 0.15) is 0 Å². The molecule has 1 aromatic rings. The van der Waals surface area contributed by atoms with Crippen LogP contribution < -0.4 is 5.32 Å². The van der Waals surface area contributed by atoms with Crippen molar-refractivity contribution < 1.29 is 5.11 Å². The minimum atomic E-state index is -0.364. The largest absolute Gasteiger partial charge is 0.391 e. The summed E-state index contributed by atoms with van der Waals surface area (Å²) >= 11 is 6.24. The molecule has 2 N–H and O–H groups in total. The van der Waals surface area contributed by atoms with Crippen molar-refractivity contribution in [1.82, 2.24) is 5.32 Å². The van der Waals surface area contributed by atoms with Crippen LogP contribution in [0.5, 0.6) is 0 Å². The topological polar surface area (TPSA) is 32.3 Å². The Balaban J connectivity index is 2.44. The van der Waals surface area contributed by atoms with Crippen molar-refractivity contribution >= 4 is 11.6 Å². The number of nitrogens with one attached hydrogen (secondary N) is 1. The minimum absolute atomic E-state index is 0.355. The molecule has 3 heteroatoms. The van der Waals surface area contributed by atoms with Crippen molar-refractivity contribution in [1.29, 1.82) is 0 Å². The van der Waals surface area contributed by atoms with Crippen LogP contribution in [-0.4, -0.2) is 18.3 Å². The summed E-state index contributed by atoms with van der Waals surface area (Å²) < 4.78 is 0. The number of likely N-dealkylation sites (N-methyl/N-ethyl adjacent to an activating group) is 1. The maximum absolute atomic E-state index is 10.3. The van der Waals surface area contributed by atoms with E-state index < -0.39 is 0 Å². The second-order valence-corrected chi connectivity index (χ2v) is 4.87. The van der Waals surface area contributed by atoms with E-state index in [1.165, 1.54) is 0 Å². The fourth-order valence-electron chi connectivity index (χ4n) is 2.72. The average molecular weight is 240 g/mol. The van der Waals surface area contributed by atoms with E-state index in [0.717, 1.165) is 36.3 Å². The van der Waals surface area contributed by atoms with Gasteiger partial charge in [-0.3, -0.25) is 0 Å². The Morgan fingerprint density at radius 3 is 2.75 bits per heavy atom. The molecule has 0 aliphatic heterocycles. The first-order valence-electron chi connectivity index (χ1n) is 5.83. The van der Waals surface area contributed by atoms with E-state index in [1.54, 1.807) is 0 Å². The van der Waals surface area contributed by atoms with Crippen LogP contribution in [0.2, 0.25) is 5.02 Å². The highest BCUT2D eigenvalue weighted by Gasteiger charge is 2.41. The first kappa shape index (κ1) is 11.9. The maximum atomic E-state index is 10.3. The summed E-state index contributed by atoms with van der Waals surface area (Å²) in [6.45, 7) is 0. The Kier molecular flexibility index (Phi) is 3.53. The average Bonchev–Trinajstić information content (AvgIpc) is 2.31. The lowest BCUT2D eigenvalue weighted by Gasteiger charge is -2.42. The van der Waals surface area contributed by atoms with E-state index in [4.69, 9.17) is 11.6 Å². The molecular weight excluding hydrogens is 222 g/mol. The Hall–Kier alpha value is -0.570. The molecule has 0 radical (unpaired) electrons. The van der Waals surface area contributed by atoms with Crippen molar-refractivity contribution in [2.75, 3.05) is 7.05 Å². The predicted octanol–water partition coefficient (Wildman–Crippen LogP) is 2.69. The molecule has 2 nitrogen and oxygen atoms in total. The normalized spacial score (nSPS) is 30.3. The molecular formula is C13H18ClNO. The molecule has 16 heavy (non-hydrogen) atoms. The fraction of sp³-hybridized carbons (Fsp3) is 0.538. The van der Waals surface area contributed by atoms with Crippen LogP contribution in [-0.2, 0) is 5.54 Å². The van der Waals surface area contributed by atoms with Gasteiger partial charge in [-0.15, -0.1) is 0 Å². The van der Waals surface area contributed by atoms with Crippen molar-refractivity contribution in [3.8, 4) is 0 Å². The molecule has 2 rings (SSSR count). The van der Waals surface area contributed by atoms with Crippen LogP contribution in [0.3, 0.4) is 0 Å². The third-order valence-corrected chi connectivity index (χ3v) is 4.00. The van der Waals surface area contributed by atoms with Gasteiger partial charge in [-0.05, 0) is 31.5 Å². The van der Waals surface area contributed by atoms with Crippen LogP contribution in [0.4, 0.5) is 0 Å². The Bertz CT molecular complexity index is 369. The molecule has 1 aliphatic rings. The molecule has 1 aliphatic carbocycles. The number of hydrogen-bond donors (Lipinski definition) is 2. The lowest BCUT2D eigenvalue weighted by atomic mass is 9.74. The van der Waals surface area contributed by atoms with Crippen LogP contribution in [0.25, 0.3) is 0 Å². The van der Waals surface area contributed by atoms with Gasteiger partial charge in [-0.1, -0.05) is 42.6 Å². The smallest absolute Gasteiger partial charge is 0.0764 e. The maximum Gasteiger partial charge on any atom is 0.0764 e. The first-order chi connectivity index (χ1) is 7.70. The molecule has 0 amide bonds. The summed E-state index contributed by atoms with van der Waals surface area (Å²) in [6.07, 6.45) is 3.64. The second kappa shape index (κ2) is 4.74. The van der Waals surface area contributed by atoms with E-state index >= 15 is 0 Å². The number of benzene rings is 1. The molecule has 0 heterocycles. The van der Waals surface area contributed by atoms with Gasteiger partial charge in [-0.25, -0.2) is 0 Å². The summed E-state index contributed by atoms with van der Waals surface area (Å²) in [4.78, 5) is 0. The summed E-state index contributed by atoms with van der Waals surface area (Å²) in [5, 5.41) is 14.3. The van der Waals surface area contributed by atoms with Crippen molar-refractivity contribution in [2.24, 2.45) is 0 Å². The standard InChI is InChI=1S/C13H18ClNO/c1-15-13(9-5-4-8-12(13)16)10-6-2-3-7-11(10)14/h2-3,6-7,12,15-16H,4-5,8-9H2,1H3/t12-,13+/m1/s1. The van der Waals surface area contributed by atoms with Gasteiger partial charge in [0, 0.05) is 5.02 Å². The third kappa shape index (κ3) is 1.86. The van der Waals surface area contributed by atoms with Gasteiger partial charge in [0.05, 0.1) is 11.6 Å². The van der Waals surface area contributed by atoms with Gasteiger partial charge in [0.2, 0.25) is 0 Å². The summed E-state index contributed by atoms with van der Waals surface area (Å²) in [6, 6.07) is 7.79. The van der Waals surface area contributed by atoms with Crippen LogP contribution in [0.15, 0.2) is 24.3 Å². The first-order valence-corrected chi connectivity index (χ1v) is 6.20. The summed E-state index contributed by atoms with van der Waals surface area (Å²) in [5.74, 6) is 0. The number of aliphatic hydroxyl groups excluding tert-OH is 1. The molecule has 88 valence electrons. The van der Waals surface area contributed by atoms with Gasteiger partial charge in [-0.2, -0.15) is 0 Å². The minimum Gasteiger partial charge on any atom is -0.391 e. The van der Waals surface area contributed by atoms with Gasteiger partial charge in [0.15, 0.2) is 0 Å². The monoisotopic (exact) mass is 239 g/mol. The summed E-state index contributed by atoms with van der Waals surface area (Å²) in [5.41, 5.74) is 0.655. The zero-order valence-electron chi connectivity index (χ0n) is 9.54. The summed E-state index contributed by atoms with van der Waals surface area (Å²) in [7, 11) is 1.90.